The average molecular weight is 1340 g/mol. The van der Waals surface area contributed by atoms with Gasteiger partial charge in [-0.25, -0.2) is 4.57 Å². The van der Waals surface area contributed by atoms with Gasteiger partial charge in [0, 0.05) is 19.4 Å². The zero-order valence-electron chi connectivity index (χ0n) is 61.1. The van der Waals surface area contributed by atoms with Crippen LogP contribution in [-0.2, 0) is 32.7 Å². The van der Waals surface area contributed by atoms with Crippen LogP contribution in [0.2, 0.25) is 0 Å². The first-order chi connectivity index (χ1) is 46.8. The van der Waals surface area contributed by atoms with E-state index in [9.17, 15) is 19.0 Å². The fourth-order valence-electron chi connectivity index (χ4n) is 10.7. The fourth-order valence-corrected chi connectivity index (χ4v) is 11.5. The summed E-state index contributed by atoms with van der Waals surface area (Å²) in [6.45, 7) is 3.54. The minimum atomic E-state index is -4.40. The summed E-state index contributed by atoms with van der Waals surface area (Å²) in [5, 5.41) is 0. The third kappa shape index (κ3) is 78.5. The van der Waals surface area contributed by atoms with E-state index in [0.717, 1.165) is 122 Å². The van der Waals surface area contributed by atoms with E-state index in [1.807, 2.05) is 0 Å². The molecule has 0 fully saturated rings. The molecule has 0 aromatic rings. The van der Waals surface area contributed by atoms with Crippen LogP contribution in [0.4, 0.5) is 0 Å². The second-order valence-corrected chi connectivity index (χ2v) is 26.9. The predicted octanol–water partition coefficient (Wildman–Crippen LogP) is 26.3. The molecular weight excluding hydrogens is 1190 g/mol. The van der Waals surface area contributed by atoms with Crippen LogP contribution in [0.3, 0.4) is 0 Å². The Morgan fingerprint density at radius 2 is 0.547 bits per heavy atom. The Balaban J connectivity index is 3.86. The first kappa shape index (κ1) is 90.6. The monoisotopic (exact) mass is 1340 g/mol. The van der Waals surface area contributed by atoms with Crippen LogP contribution in [0.1, 0.15) is 335 Å². The largest absolute Gasteiger partial charge is 0.472 e. The summed E-state index contributed by atoms with van der Waals surface area (Å²) >= 11 is 0. The number of ether oxygens (including phenoxy) is 2. The van der Waals surface area contributed by atoms with Crippen molar-refractivity contribution in [2.75, 3.05) is 26.4 Å². The standard InChI is InChI=1S/C85H144NO8P/c1-3-5-7-9-11-13-15-17-19-21-23-25-27-29-31-33-35-37-39-41-43-45-47-49-51-53-55-57-59-61-63-65-67-69-71-73-75-77-84(87)91-81-83(82-93-95(89,90)92-80-79-86)94-85(88)78-76-74-72-70-68-66-64-62-60-58-56-54-52-50-48-46-44-42-40-38-36-34-32-30-28-26-24-22-20-18-16-14-12-10-8-6-4-2/h5-8,11-14,17-20,23-26,29-32,36,38,42,44,48,50,83H,3-4,9-10,15-16,21-22,27-28,33-35,37,39-41,43,45-47,49,51-82,86H2,1-2H3,(H,89,90)/b7-5-,8-6-,13-11-,14-12-,19-17-,20-18-,25-23-,26-24-,31-29-,32-30-,38-36-,44-42-,50-48-. The zero-order chi connectivity index (χ0) is 68.6. The molecule has 0 spiro atoms. The molecule has 0 aromatic carbocycles. The molecule has 10 heteroatoms. The molecule has 0 amide bonds. The van der Waals surface area contributed by atoms with E-state index < -0.39 is 26.5 Å². The van der Waals surface area contributed by atoms with E-state index >= 15 is 0 Å². The highest BCUT2D eigenvalue weighted by Gasteiger charge is 2.26. The molecule has 0 aromatic heterocycles. The van der Waals surface area contributed by atoms with E-state index in [0.29, 0.717) is 6.42 Å². The Morgan fingerprint density at radius 1 is 0.316 bits per heavy atom. The van der Waals surface area contributed by atoms with Gasteiger partial charge in [0.2, 0.25) is 0 Å². The summed E-state index contributed by atoms with van der Waals surface area (Å²) in [5.74, 6) is -0.824. The maximum Gasteiger partial charge on any atom is 0.472 e. The van der Waals surface area contributed by atoms with Crippen molar-refractivity contribution in [2.24, 2.45) is 5.73 Å². The smallest absolute Gasteiger partial charge is 0.462 e. The molecule has 0 radical (unpaired) electrons. The molecule has 0 rings (SSSR count). The lowest BCUT2D eigenvalue weighted by Crippen LogP contribution is -2.29. The highest BCUT2D eigenvalue weighted by molar-refractivity contribution is 7.47. The molecule has 0 saturated heterocycles. The molecule has 2 unspecified atom stereocenters. The topological polar surface area (TPSA) is 134 Å². The molecule has 9 nitrogen and oxygen atoms in total. The molecule has 0 bridgehead atoms. The van der Waals surface area contributed by atoms with Gasteiger partial charge in [-0.3, -0.25) is 18.6 Å². The number of rotatable bonds is 72. The van der Waals surface area contributed by atoms with E-state index in [1.54, 1.807) is 0 Å². The van der Waals surface area contributed by atoms with Crippen LogP contribution in [0.25, 0.3) is 0 Å². The number of hydrogen-bond acceptors (Lipinski definition) is 8. The summed E-state index contributed by atoms with van der Waals surface area (Å²) in [6.07, 6.45) is 115. The first-order valence-corrected chi connectivity index (χ1v) is 40.5. The van der Waals surface area contributed by atoms with Crippen LogP contribution >= 0.6 is 7.82 Å². The second-order valence-electron chi connectivity index (χ2n) is 25.5. The van der Waals surface area contributed by atoms with E-state index in [1.165, 1.54) is 180 Å². The average Bonchev–Trinajstić information content (AvgIpc) is 2.64. The van der Waals surface area contributed by atoms with Gasteiger partial charge in [-0.1, -0.05) is 358 Å². The van der Waals surface area contributed by atoms with Crippen LogP contribution in [-0.4, -0.2) is 49.3 Å². The number of hydrogen-bond donors (Lipinski definition) is 2. The normalized spacial score (nSPS) is 13.8. The number of carbonyl (C=O) groups excluding carboxylic acids is 2. The lowest BCUT2D eigenvalue weighted by Gasteiger charge is -2.19. The highest BCUT2D eigenvalue weighted by Crippen LogP contribution is 2.43. The van der Waals surface area contributed by atoms with Crippen molar-refractivity contribution >= 4 is 19.8 Å². The van der Waals surface area contributed by atoms with Gasteiger partial charge in [0.25, 0.3) is 0 Å². The van der Waals surface area contributed by atoms with Gasteiger partial charge in [0.15, 0.2) is 6.10 Å². The number of esters is 2. The third-order valence-electron chi connectivity index (χ3n) is 16.4. The van der Waals surface area contributed by atoms with Crippen molar-refractivity contribution < 1.29 is 37.6 Å². The van der Waals surface area contributed by atoms with E-state index in [2.05, 4.69) is 172 Å². The van der Waals surface area contributed by atoms with Crippen molar-refractivity contribution in [2.45, 2.75) is 341 Å². The molecular formula is C85H144NO8P. The fraction of sp³-hybridized carbons (Fsp3) is 0.671. The van der Waals surface area contributed by atoms with Crippen LogP contribution in [0.5, 0.6) is 0 Å². The Kier molecular flexibility index (Phi) is 75.0. The maximum absolute atomic E-state index is 12.8. The molecule has 2 atom stereocenters. The summed E-state index contributed by atoms with van der Waals surface area (Å²) in [6, 6.07) is 0. The summed E-state index contributed by atoms with van der Waals surface area (Å²) in [5.41, 5.74) is 5.41. The van der Waals surface area contributed by atoms with Crippen LogP contribution < -0.4 is 5.73 Å². The molecule has 3 N–H and O–H groups in total. The van der Waals surface area contributed by atoms with E-state index in [-0.39, 0.29) is 38.6 Å². The maximum atomic E-state index is 12.8. The number of allylic oxidation sites excluding steroid dienone is 26. The van der Waals surface area contributed by atoms with Crippen molar-refractivity contribution in [3.8, 4) is 0 Å². The van der Waals surface area contributed by atoms with Gasteiger partial charge in [0.1, 0.15) is 6.61 Å². The van der Waals surface area contributed by atoms with E-state index in [4.69, 9.17) is 24.3 Å². The van der Waals surface area contributed by atoms with Crippen molar-refractivity contribution in [3.05, 3.63) is 158 Å². The molecule has 0 aliphatic carbocycles. The Bertz CT molecular complexity index is 2120. The SMILES string of the molecule is CC/C=C\C/C=C\C/C=C\C/C=C\C/C=C\C/C=C\C/C=C\C/C=C\CCCCCCCCCCCCCCC(=O)OC(COC(=O)CCCCCCCCCCCCCCCCCCCCCCC/C=C\C/C=C\C/C=C\C/C=C\C/C=C\CC)COP(=O)(O)OCCN. The molecule has 0 aliphatic heterocycles. The highest BCUT2D eigenvalue weighted by atomic mass is 31.2. The van der Waals surface area contributed by atoms with Crippen molar-refractivity contribution in [1.29, 1.82) is 0 Å². The Morgan fingerprint density at radius 3 is 0.811 bits per heavy atom. The van der Waals surface area contributed by atoms with Gasteiger partial charge in [-0.2, -0.15) is 0 Å². The minimum Gasteiger partial charge on any atom is -0.462 e. The quantitative estimate of drug-likeness (QED) is 0.0264. The number of phosphoric acid groups is 1. The molecule has 0 saturated carbocycles. The van der Waals surface area contributed by atoms with Gasteiger partial charge in [-0.05, 0) is 122 Å². The summed E-state index contributed by atoms with van der Waals surface area (Å²) < 4.78 is 33.3. The molecule has 95 heavy (non-hydrogen) atoms. The van der Waals surface area contributed by atoms with Crippen molar-refractivity contribution in [1.82, 2.24) is 0 Å². The Labute approximate surface area is 585 Å². The summed E-state index contributed by atoms with van der Waals surface area (Å²) in [7, 11) is -4.40. The molecule has 0 aliphatic rings. The predicted molar refractivity (Wildman–Crippen MR) is 413 cm³/mol. The van der Waals surface area contributed by atoms with Gasteiger partial charge < -0.3 is 20.1 Å². The number of nitrogens with two attached hydrogens (primary N) is 1. The lowest BCUT2D eigenvalue weighted by atomic mass is 10.0. The van der Waals surface area contributed by atoms with Gasteiger partial charge in [-0.15, -0.1) is 0 Å². The number of unbranched alkanes of at least 4 members (excludes halogenated alkanes) is 33. The third-order valence-corrected chi connectivity index (χ3v) is 17.4. The first-order valence-electron chi connectivity index (χ1n) is 39.0. The number of phosphoric ester groups is 1. The summed E-state index contributed by atoms with van der Waals surface area (Å²) in [4.78, 5) is 35.5. The van der Waals surface area contributed by atoms with Crippen LogP contribution in [0, 0.1) is 0 Å². The van der Waals surface area contributed by atoms with Crippen molar-refractivity contribution in [3.63, 3.8) is 0 Å². The van der Waals surface area contributed by atoms with Gasteiger partial charge in [0.05, 0.1) is 13.2 Å². The molecule has 542 valence electrons. The second kappa shape index (κ2) is 78.6. The zero-order valence-corrected chi connectivity index (χ0v) is 62.0. The number of carbonyl (C=O) groups is 2. The Hall–Kier alpha value is -4.37. The van der Waals surface area contributed by atoms with Crippen LogP contribution in [0.15, 0.2) is 158 Å². The van der Waals surface area contributed by atoms with Gasteiger partial charge >= 0.3 is 19.8 Å². The minimum absolute atomic E-state index is 0.0485. The molecule has 0 heterocycles. The lowest BCUT2D eigenvalue weighted by molar-refractivity contribution is -0.161.